The van der Waals surface area contributed by atoms with Crippen LogP contribution in [0.25, 0.3) is 0 Å². The zero-order chi connectivity index (χ0) is 21.1. The fourth-order valence-electron chi connectivity index (χ4n) is 2.50. The number of methoxy groups -OCH3 is 1. The van der Waals surface area contributed by atoms with Crippen molar-refractivity contribution >= 4 is 5.91 Å². The van der Waals surface area contributed by atoms with Crippen molar-refractivity contribution in [3.63, 3.8) is 0 Å². The normalized spacial score (nSPS) is 11.8. The first-order chi connectivity index (χ1) is 13.0. The Bertz CT molecular complexity index is 834. The number of halogens is 5. The minimum Gasteiger partial charge on any atom is -0.493 e. The molecule has 6 nitrogen and oxygen atoms in total. The molecule has 1 amide bonds. The summed E-state index contributed by atoms with van der Waals surface area (Å²) in [5.74, 6) is -1.20. The third-order valence-corrected chi connectivity index (χ3v) is 3.69. The van der Waals surface area contributed by atoms with Crippen molar-refractivity contribution < 1.29 is 36.2 Å². The third-order valence-electron chi connectivity index (χ3n) is 3.69. The molecular formula is C17H18F5N3O3. The van der Waals surface area contributed by atoms with E-state index in [9.17, 15) is 26.7 Å². The lowest BCUT2D eigenvalue weighted by Gasteiger charge is -2.15. The summed E-state index contributed by atoms with van der Waals surface area (Å²) >= 11 is 0. The first-order valence-electron chi connectivity index (χ1n) is 8.09. The van der Waals surface area contributed by atoms with Crippen LogP contribution in [0.2, 0.25) is 0 Å². The number of ether oxygens (including phenoxy) is 2. The van der Waals surface area contributed by atoms with Crippen LogP contribution in [0.3, 0.4) is 0 Å². The number of carbonyl (C=O) groups excluding carboxylic acids is 1. The van der Waals surface area contributed by atoms with Crippen molar-refractivity contribution in [3.8, 4) is 11.5 Å². The maximum absolute atomic E-state index is 13.3. The second-order valence-corrected chi connectivity index (χ2v) is 5.99. The van der Waals surface area contributed by atoms with Gasteiger partial charge in [-0.2, -0.15) is 27.1 Å². The van der Waals surface area contributed by atoms with Crippen LogP contribution in [0.4, 0.5) is 22.0 Å². The van der Waals surface area contributed by atoms with E-state index in [0.717, 1.165) is 10.9 Å². The lowest BCUT2D eigenvalue weighted by atomic mass is 10.1. The number of aromatic nitrogens is 2. The number of benzene rings is 1. The lowest BCUT2D eigenvalue weighted by Crippen LogP contribution is -2.27. The quantitative estimate of drug-likeness (QED) is 0.704. The van der Waals surface area contributed by atoms with Crippen molar-refractivity contribution in [2.75, 3.05) is 7.11 Å². The molecule has 0 saturated carbocycles. The number of hydrogen-bond donors (Lipinski definition) is 1. The van der Waals surface area contributed by atoms with Gasteiger partial charge in [-0.15, -0.1) is 0 Å². The average molecular weight is 407 g/mol. The standard InChI is InChI=1S/C17H18F5N3O3/c1-9(2)25-14(17(20,21)22)11(8-24-25)15(26)23-7-10-4-5-12(27-3)13(6-10)28-16(18)19/h4-6,8-9,16H,7H2,1-3H3,(H,23,26). The summed E-state index contributed by atoms with van der Waals surface area (Å²) in [6.45, 7) is -0.292. The van der Waals surface area contributed by atoms with E-state index in [1.807, 2.05) is 0 Å². The minimum absolute atomic E-state index is 0.0490. The molecule has 0 aliphatic heterocycles. The first kappa shape index (κ1) is 21.5. The van der Waals surface area contributed by atoms with Crippen LogP contribution in [0.5, 0.6) is 11.5 Å². The van der Waals surface area contributed by atoms with Crippen LogP contribution < -0.4 is 14.8 Å². The molecule has 0 aliphatic carbocycles. The number of hydrogen-bond acceptors (Lipinski definition) is 4. The van der Waals surface area contributed by atoms with E-state index in [1.54, 1.807) is 0 Å². The molecule has 0 aliphatic rings. The summed E-state index contributed by atoms with van der Waals surface area (Å²) in [6.07, 6.45) is -3.93. The van der Waals surface area contributed by atoms with Gasteiger partial charge in [-0.25, -0.2) is 0 Å². The van der Waals surface area contributed by atoms with Gasteiger partial charge in [0.15, 0.2) is 17.2 Å². The highest BCUT2D eigenvalue weighted by Gasteiger charge is 2.40. The van der Waals surface area contributed by atoms with Crippen LogP contribution in [0, 0.1) is 0 Å². The van der Waals surface area contributed by atoms with E-state index in [-0.39, 0.29) is 18.0 Å². The smallest absolute Gasteiger partial charge is 0.433 e. The molecule has 154 valence electrons. The maximum Gasteiger partial charge on any atom is 0.433 e. The van der Waals surface area contributed by atoms with Gasteiger partial charge in [-0.05, 0) is 31.5 Å². The van der Waals surface area contributed by atoms with E-state index < -0.39 is 36.0 Å². The fraction of sp³-hybridized carbons (Fsp3) is 0.412. The second-order valence-electron chi connectivity index (χ2n) is 5.99. The SMILES string of the molecule is COc1ccc(CNC(=O)c2cnn(C(C)C)c2C(F)(F)F)cc1OC(F)F. The number of amides is 1. The molecule has 1 aromatic carbocycles. The number of rotatable bonds is 7. The molecule has 2 aromatic rings. The number of alkyl halides is 5. The molecule has 1 aromatic heterocycles. The molecule has 0 radical (unpaired) electrons. The summed E-state index contributed by atoms with van der Waals surface area (Å²) in [4.78, 5) is 12.3. The summed E-state index contributed by atoms with van der Waals surface area (Å²) < 4.78 is 74.9. The van der Waals surface area contributed by atoms with E-state index in [2.05, 4.69) is 15.2 Å². The van der Waals surface area contributed by atoms with Crippen LogP contribution in [-0.2, 0) is 12.7 Å². The van der Waals surface area contributed by atoms with Gasteiger partial charge in [-0.3, -0.25) is 9.48 Å². The Balaban J connectivity index is 2.21. The van der Waals surface area contributed by atoms with Crippen molar-refractivity contribution in [1.29, 1.82) is 0 Å². The molecule has 0 saturated heterocycles. The van der Waals surface area contributed by atoms with Gasteiger partial charge < -0.3 is 14.8 Å². The first-order valence-corrected chi connectivity index (χ1v) is 8.09. The Morgan fingerprint density at radius 3 is 2.46 bits per heavy atom. The van der Waals surface area contributed by atoms with E-state index in [4.69, 9.17) is 4.74 Å². The molecular weight excluding hydrogens is 389 g/mol. The predicted molar refractivity (Wildman–Crippen MR) is 88.4 cm³/mol. The largest absolute Gasteiger partial charge is 0.493 e. The predicted octanol–water partition coefficient (Wildman–Crippen LogP) is 4.02. The van der Waals surface area contributed by atoms with Gasteiger partial charge in [0.05, 0.1) is 18.9 Å². The van der Waals surface area contributed by atoms with Gasteiger partial charge in [-0.1, -0.05) is 6.07 Å². The van der Waals surface area contributed by atoms with Gasteiger partial charge in [0, 0.05) is 12.6 Å². The zero-order valence-corrected chi connectivity index (χ0v) is 15.2. The molecule has 1 heterocycles. The van der Waals surface area contributed by atoms with Crippen molar-refractivity contribution in [2.45, 2.75) is 39.2 Å². The zero-order valence-electron chi connectivity index (χ0n) is 15.2. The Hall–Kier alpha value is -2.85. The summed E-state index contributed by atoms with van der Waals surface area (Å²) in [7, 11) is 1.26. The van der Waals surface area contributed by atoms with Crippen LogP contribution in [0.1, 0.15) is 41.5 Å². The maximum atomic E-state index is 13.3. The minimum atomic E-state index is -4.77. The Morgan fingerprint density at radius 1 is 1.25 bits per heavy atom. The molecule has 0 fully saturated rings. The Labute approximate surface area is 157 Å². The summed E-state index contributed by atoms with van der Waals surface area (Å²) in [5, 5.41) is 5.97. The van der Waals surface area contributed by atoms with E-state index >= 15 is 0 Å². The monoisotopic (exact) mass is 407 g/mol. The van der Waals surface area contributed by atoms with E-state index in [1.165, 1.54) is 39.2 Å². The topological polar surface area (TPSA) is 65.4 Å². The van der Waals surface area contributed by atoms with Crippen LogP contribution in [-0.4, -0.2) is 29.4 Å². The number of carbonyl (C=O) groups is 1. The highest BCUT2D eigenvalue weighted by molar-refractivity contribution is 5.95. The summed E-state index contributed by atoms with van der Waals surface area (Å²) in [6, 6.07) is 3.40. The van der Waals surface area contributed by atoms with Gasteiger partial charge in [0.1, 0.15) is 0 Å². The molecule has 1 N–H and O–H groups in total. The Morgan fingerprint density at radius 2 is 1.93 bits per heavy atom. The van der Waals surface area contributed by atoms with Crippen molar-refractivity contribution in [2.24, 2.45) is 0 Å². The molecule has 0 spiro atoms. The molecule has 11 heteroatoms. The number of nitrogens with zero attached hydrogens (tertiary/aromatic N) is 2. The molecule has 2 rings (SSSR count). The highest BCUT2D eigenvalue weighted by Crippen LogP contribution is 2.34. The number of nitrogens with one attached hydrogen (secondary N) is 1. The van der Waals surface area contributed by atoms with Gasteiger partial charge in [0.25, 0.3) is 5.91 Å². The van der Waals surface area contributed by atoms with Gasteiger partial charge >= 0.3 is 12.8 Å². The van der Waals surface area contributed by atoms with Crippen molar-refractivity contribution in [3.05, 3.63) is 41.2 Å². The molecule has 0 bridgehead atoms. The molecule has 28 heavy (non-hydrogen) atoms. The highest BCUT2D eigenvalue weighted by atomic mass is 19.4. The lowest BCUT2D eigenvalue weighted by molar-refractivity contribution is -0.145. The van der Waals surface area contributed by atoms with E-state index in [0.29, 0.717) is 5.56 Å². The summed E-state index contributed by atoms with van der Waals surface area (Å²) in [5.41, 5.74) is -1.45. The second kappa shape index (κ2) is 8.44. The van der Waals surface area contributed by atoms with Crippen LogP contribution >= 0.6 is 0 Å². The van der Waals surface area contributed by atoms with Crippen LogP contribution in [0.15, 0.2) is 24.4 Å². The molecule has 0 atom stereocenters. The average Bonchev–Trinajstić information content (AvgIpc) is 3.05. The third kappa shape index (κ3) is 4.90. The fourth-order valence-corrected chi connectivity index (χ4v) is 2.50. The molecule has 0 unspecified atom stereocenters. The van der Waals surface area contributed by atoms with Crippen molar-refractivity contribution in [1.82, 2.24) is 15.1 Å². The van der Waals surface area contributed by atoms with Gasteiger partial charge in [0.2, 0.25) is 0 Å². The Kier molecular flexibility index (Phi) is 6.47.